The monoisotopic (exact) mass is 418 g/mol. The molecule has 0 aliphatic heterocycles. The lowest BCUT2D eigenvalue weighted by Gasteiger charge is -2.13. The fourth-order valence-corrected chi connectivity index (χ4v) is 2.68. The zero-order chi connectivity index (χ0) is 22.5. The van der Waals surface area contributed by atoms with Gasteiger partial charge in [-0.25, -0.2) is 0 Å². The molecule has 1 atom stereocenters. The zero-order valence-corrected chi connectivity index (χ0v) is 19.5. The highest BCUT2D eigenvalue weighted by Gasteiger charge is 2.11. The Hall–Kier alpha value is -2.10. The highest BCUT2D eigenvalue weighted by Crippen LogP contribution is 2.09. The van der Waals surface area contributed by atoms with E-state index in [1.165, 1.54) is 26.4 Å². The van der Waals surface area contributed by atoms with Crippen molar-refractivity contribution in [2.75, 3.05) is 7.11 Å². The van der Waals surface area contributed by atoms with Crippen molar-refractivity contribution >= 4 is 11.9 Å². The Morgan fingerprint density at radius 3 is 2.30 bits per heavy atom. The molecule has 0 saturated heterocycles. The molecular weight excluding hydrogens is 376 g/mol. The lowest BCUT2D eigenvalue weighted by atomic mass is 10.1. The van der Waals surface area contributed by atoms with Gasteiger partial charge in [-0.1, -0.05) is 76.1 Å². The van der Waals surface area contributed by atoms with E-state index in [0.29, 0.717) is 25.2 Å². The van der Waals surface area contributed by atoms with Gasteiger partial charge in [-0.05, 0) is 44.1 Å². The number of carbonyl (C=O) groups is 2. The van der Waals surface area contributed by atoms with Gasteiger partial charge in [0.2, 0.25) is 0 Å². The first-order valence-electron chi connectivity index (χ1n) is 11.4. The van der Waals surface area contributed by atoms with Gasteiger partial charge in [-0.2, -0.15) is 0 Å². The number of unbranched alkanes of at least 4 members (excludes halogenated alkanes) is 4. The molecule has 0 amide bonds. The number of hydrogen-bond donors (Lipinski definition) is 0. The van der Waals surface area contributed by atoms with E-state index in [2.05, 4.69) is 42.0 Å². The summed E-state index contributed by atoms with van der Waals surface area (Å²) in [5, 5.41) is 0. The van der Waals surface area contributed by atoms with E-state index >= 15 is 0 Å². The van der Waals surface area contributed by atoms with Gasteiger partial charge in [0.25, 0.3) is 0 Å². The Labute approximate surface area is 184 Å². The van der Waals surface area contributed by atoms with E-state index in [9.17, 15) is 9.59 Å². The van der Waals surface area contributed by atoms with E-state index in [0.717, 1.165) is 25.7 Å². The second-order valence-electron chi connectivity index (χ2n) is 7.82. The Bertz CT molecular complexity index is 555. The van der Waals surface area contributed by atoms with Crippen LogP contribution in [-0.4, -0.2) is 25.2 Å². The lowest BCUT2D eigenvalue weighted by molar-refractivity contribution is -0.147. The highest BCUT2D eigenvalue weighted by atomic mass is 16.5. The van der Waals surface area contributed by atoms with Crippen LogP contribution in [-0.2, 0) is 19.1 Å². The Morgan fingerprint density at radius 2 is 1.60 bits per heavy atom. The van der Waals surface area contributed by atoms with Gasteiger partial charge in [0.15, 0.2) is 0 Å². The van der Waals surface area contributed by atoms with E-state index in [-0.39, 0.29) is 18.0 Å². The molecule has 30 heavy (non-hydrogen) atoms. The van der Waals surface area contributed by atoms with Crippen molar-refractivity contribution in [3.63, 3.8) is 0 Å². The summed E-state index contributed by atoms with van der Waals surface area (Å²) in [5.41, 5.74) is 0. The minimum atomic E-state index is -0.225. The molecule has 0 radical (unpaired) electrons. The molecular formula is C26H42O4. The van der Waals surface area contributed by atoms with E-state index < -0.39 is 0 Å². The molecule has 0 rings (SSSR count). The van der Waals surface area contributed by atoms with Gasteiger partial charge in [-0.3, -0.25) is 9.59 Å². The van der Waals surface area contributed by atoms with Crippen LogP contribution in [0.3, 0.4) is 0 Å². The standard InChI is InChI=1S/C26H42O4/c1-5-6-7-8-13-16-19-24(30-26(28)22-23(2)3)20-17-14-11-9-10-12-15-18-21-25(27)29-4/h10-14,16-17,20,23-24H,5-9,15,18-19,21-22H2,1-4H3/t24-/m1/s1. The van der Waals surface area contributed by atoms with Gasteiger partial charge < -0.3 is 9.47 Å². The van der Waals surface area contributed by atoms with Crippen molar-refractivity contribution in [1.29, 1.82) is 0 Å². The number of esters is 2. The summed E-state index contributed by atoms with van der Waals surface area (Å²) in [6.07, 6.45) is 25.1. The molecule has 4 nitrogen and oxygen atoms in total. The third-order valence-corrected chi connectivity index (χ3v) is 4.36. The fraction of sp³-hybridized carbons (Fsp3) is 0.615. The third kappa shape index (κ3) is 19.2. The number of ether oxygens (including phenoxy) is 2. The molecule has 170 valence electrons. The summed E-state index contributed by atoms with van der Waals surface area (Å²) in [7, 11) is 1.41. The smallest absolute Gasteiger partial charge is 0.306 e. The summed E-state index contributed by atoms with van der Waals surface area (Å²) in [6, 6.07) is 0. The first-order valence-corrected chi connectivity index (χ1v) is 11.4. The summed E-state index contributed by atoms with van der Waals surface area (Å²) in [4.78, 5) is 23.0. The lowest BCUT2D eigenvalue weighted by Crippen LogP contribution is -2.16. The summed E-state index contributed by atoms with van der Waals surface area (Å²) in [6.45, 7) is 6.24. The van der Waals surface area contributed by atoms with Crippen LogP contribution in [0.15, 0.2) is 48.6 Å². The number of hydrogen-bond acceptors (Lipinski definition) is 4. The van der Waals surface area contributed by atoms with Crippen LogP contribution in [0.4, 0.5) is 0 Å². The van der Waals surface area contributed by atoms with Crippen LogP contribution in [0.1, 0.15) is 85.0 Å². The highest BCUT2D eigenvalue weighted by molar-refractivity contribution is 5.70. The average molecular weight is 419 g/mol. The molecule has 0 fully saturated rings. The molecule has 0 heterocycles. The van der Waals surface area contributed by atoms with Crippen LogP contribution < -0.4 is 0 Å². The molecule has 4 heteroatoms. The van der Waals surface area contributed by atoms with Gasteiger partial charge >= 0.3 is 11.9 Å². The Morgan fingerprint density at radius 1 is 0.867 bits per heavy atom. The molecule has 0 aromatic heterocycles. The predicted molar refractivity (Wildman–Crippen MR) is 125 cm³/mol. The summed E-state index contributed by atoms with van der Waals surface area (Å²) >= 11 is 0. The molecule has 0 saturated carbocycles. The molecule has 0 bridgehead atoms. The van der Waals surface area contributed by atoms with Crippen LogP contribution in [0, 0.1) is 5.92 Å². The topological polar surface area (TPSA) is 52.6 Å². The SMILES string of the molecule is CCCCCC=CC[C@H](C=CC=CCC=CCCCC(=O)OC)OC(=O)CC(C)C. The van der Waals surface area contributed by atoms with Crippen molar-refractivity contribution in [3.8, 4) is 0 Å². The van der Waals surface area contributed by atoms with Gasteiger partial charge in [0.05, 0.1) is 7.11 Å². The molecule has 0 aromatic rings. The molecule has 0 unspecified atom stereocenters. The maximum absolute atomic E-state index is 12.0. The third-order valence-electron chi connectivity index (χ3n) is 4.36. The summed E-state index contributed by atoms with van der Waals surface area (Å²) in [5.74, 6) is -0.00296. The molecule has 0 aliphatic rings. The molecule has 0 N–H and O–H groups in total. The number of rotatable bonds is 17. The minimum absolute atomic E-state index is 0.141. The van der Waals surface area contributed by atoms with Gasteiger partial charge in [0.1, 0.15) is 6.10 Å². The number of allylic oxidation sites excluding steroid dienone is 6. The number of methoxy groups -OCH3 is 1. The van der Waals surface area contributed by atoms with Crippen molar-refractivity contribution in [2.45, 2.75) is 91.1 Å². The van der Waals surface area contributed by atoms with Crippen molar-refractivity contribution in [2.24, 2.45) is 5.92 Å². The van der Waals surface area contributed by atoms with Crippen molar-refractivity contribution in [3.05, 3.63) is 48.6 Å². The zero-order valence-electron chi connectivity index (χ0n) is 19.5. The van der Waals surface area contributed by atoms with Gasteiger partial charge in [-0.15, -0.1) is 0 Å². The van der Waals surface area contributed by atoms with E-state index in [4.69, 9.17) is 4.74 Å². The van der Waals surface area contributed by atoms with Gasteiger partial charge in [0, 0.05) is 19.3 Å². The Balaban J connectivity index is 4.36. The normalized spacial score (nSPS) is 13.2. The van der Waals surface area contributed by atoms with E-state index in [1.54, 1.807) is 0 Å². The largest absolute Gasteiger partial charge is 0.469 e. The second kappa shape index (κ2) is 20.2. The predicted octanol–water partition coefficient (Wildman–Crippen LogP) is 6.87. The maximum atomic E-state index is 12.0. The van der Waals surface area contributed by atoms with Crippen molar-refractivity contribution < 1.29 is 19.1 Å². The van der Waals surface area contributed by atoms with Crippen LogP contribution in [0.2, 0.25) is 0 Å². The first-order chi connectivity index (χ1) is 14.5. The second-order valence-corrected chi connectivity index (χ2v) is 7.82. The molecule has 0 aromatic carbocycles. The fourth-order valence-electron chi connectivity index (χ4n) is 2.68. The molecule has 0 aliphatic carbocycles. The van der Waals surface area contributed by atoms with Crippen LogP contribution in [0.25, 0.3) is 0 Å². The molecule has 0 spiro atoms. The van der Waals surface area contributed by atoms with Crippen molar-refractivity contribution in [1.82, 2.24) is 0 Å². The average Bonchev–Trinajstić information content (AvgIpc) is 2.70. The minimum Gasteiger partial charge on any atom is -0.469 e. The number of carbonyl (C=O) groups excluding carboxylic acids is 2. The van der Waals surface area contributed by atoms with E-state index in [1.807, 2.05) is 32.1 Å². The maximum Gasteiger partial charge on any atom is 0.306 e. The van der Waals surface area contributed by atoms with Crippen LogP contribution in [0.5, 0.6) is 0 Å². The Kier molecular flexibility index (Phi) is 18.8. The first kappa shape index (κ1) is 27.9. The summed E-state index contributed by atoms with van der Waals surface area (Å²) < 4.78 is 10.2. The van der Waals surface area contributed by atoms with Crippen LogP contribution >= 0.6 is 0 Å². The quantitative estimate of drug-likeness (QED) is 0.112.